The molecule has 0 bridgehead atoms. The van der Waals surface area contributed by atoms with Crippen molar-refractivity contribution in [2.45, 2.75) is 24.8 Å². The van der Waals surface area contributed by atoms with Gasteiger partial charge in [-0.05, 0) is 18.4 Å². The molecule has 1 saturated heterocycles. The molecular weight excluding hydrogens is 260 g/mol. The Hall–Kier alpha value is -1.46. The highest BCUT2D eigenvalue weighted by Crippen LogP contribution is 2.17. The number of carbonyl (C=O) groups is 1. The number of nitrogens with two attached hydrogens (primary N) is 1. The van der Waals surface area contributed by atoms with E-state index >= 15 is 0 Å². The smallest absolute Gasteiger partial charge is 0.234 e. The predicted octanol–water partition coefficient (Wildman–Crippen LogP) is 1.35. The van der Waals surface area contributed by atoms with Gasteiger partial charge in [0.1, 0.15) is 5.92 Å². The minimum Gasteiger partial charge on any atom is -0.392 e. The van der Waals surface area contributed by atoms with Gasteiger partial charge in [-0.15, -0.1) is 0 Å². The van der Waals surface area contributed by atoms with Gasteiger partial charge in [-0.3, -0.25) is 4.79 Å². The zero-order valence-electron chi connectivity index (χ0n) is 10.7. The summed E-state index contributed by atoms with van der Waals surface area (Å²) in [5, 5.41) is 3.01. The number of hydrogen-bond donors (Lipinski definition) is 2. The van der Waals surface area contributed by atoms with Crippen LogP contribution in [0.2, 0.25) is 0 Å². The highest BCUT2D eigenvalue weighted by atomic mass is 32.1. The van der Waals surface area contributed by atoms with E-state index in [1.54, 1.807) is 0 Å². The molecule has 1 fully saturated rings. The summed E-state index contributed by atoms with van der Waals surface area (Å²) < 4.78 is 5.27. The highest BCUT2D eigenvalue weighted by Gasteiger charge is 2.26. The fourth-order valence-corrected chi connectivity index (χ4v) is 2.46. The molecular formula is C14H18N2O2S. The maximum absolute atomic E-state index is 12.3. The third-order valence-electron chi connectivity index (χ3n) is 3.25. The van der Waals surface area contributed by atoms with Gasteiger partial charge in [0.15, 0.2) is 0 Å². The van der Waals surface area contributed by atoms with E-state index < -0.39 is 5.92 Å². The minimum absolute atomic E-state index is 0.120. The average molecular weight is 278 g/mol. The van der Waals surface area contributed by atoms with Crippen LogP contribution in [-0.4, -0.2) is 30.2 Å². The Balaban J connectivity index is 2.06. The monoisotopic (exact) mass is 278 g/mol. The van der Waals surface area contributed by atoms with E-state index in [2.05, 4.69) is 5.32 Å². The minimum atomic E-state index is -0.556. The maximum atomic E-state index is 12.3. The van der Waals surface area contributed by atoms with E-state index in [0.717, 1.165) is 18.4 Å². The molecule has 3 N–H and O–H groups in total. The number of amides is 1. The van der Waals surface area contributed by atoms with Crippen LogP contribution >= 0.6 is 12.2 Å². The molecule has 1 aromatic rings. The van der Waals surface area contributed by atoms with E-state index in [0.29, 0.717) is 13.2 Å². The molecule has 0 saturated carbocycles. The molecule has 0 aliphatic carbocycles. The van der Waals surface area contributed by atoms with E-state index in [9.17, 15) is 4.79 Å². The molecule has 1 aromatic carbocycles. The van der Waals surface area contributed by atoms with Crippen LogP contribution in [0.1, 0.15) is 24.3 Å². The molecule has 5 heteroatoms. The van der Waals surface area contributed by atoms with Gasteiger partial charge in [0.2, 0.25) is 5.91 Å². The molecule has 1 atom stereocenters. The van der Waals surface area contributed by atoms with Crippen molar-refractivity contribution in [1.29, 1.82) is 0 Å². The molecule has 0 aromatic heterocycles. The first-order valence-corrected chi connectivity index (χ1v) is 6.81. The molecule has 1 aliphatic rings. The summed E-state index contributed by atoms with van der Waals surface area (Å²) >= 11 is 5.04. The Kier molecular flexibility index (Phi) is 4.87. The normalized spacial score (nSPS) is 17.7. The zero-order chi connectivity index (χ0) is 13.7. The summed E-state index contributed by atoms with van der Waals surface area (Å²) in [5.74, 6) is -0.676. The Morgan fingerprint density at radius 2 is 1.95 bits per heavy atom. The Labute approximate surface area is 118 Å². The molecule has 1 aliphatic heterocycles. The van der Waals surface area contributed by atoms with Crippen molar-refractivity contribution in [1.82, 2.24) is 5.32 Å². The first-order chi connectivity index (χ1) is 9.18. The first-order valence-electron chi connectivity index (χ1n) is 6.41. The van der Waals surface area contributed by atoms with Gasteiger partial charge in [0.05, 0.1) is 4.99 Å². The summed E-state index contributed by atoms with van der Waals surface area (Å²) in [6, 6.07) is 9.55. The molecule has 2 rings (SSSR count). The summed E-state index contributed by atoms with van der Waals surface area (Å²) in [6.07, 6.45) is 1.68. The van der Waals surface area contributed by atoms with Crippen LogP contribution < -0.4 is 11.1 Å². The van der Waals surface area contributed by atoms with Gasteiger partial charge < -0.3 is 15.8 Å². The van der Waals surface area contributed by atoms with Gasteiger partial charge in [0.25, 0.3) is 0 Å². The topological polar surface area (TPSA) is 64.4 Å². The fourth-order valence-electron chi connectivity index (χ4n) is 2.22. The van der Waals surface area contributed by atoms with Crippen molar-refractivity contribution >= 4 is 23.1 Å². The molecule has 1 unspecified atom stereocenters. The lowest BCUT2D eigenvalue weighted by atomic mass is 9.97. The van der Waals surface area contributed by atoms with Crippen molar-refractivity contribution in [2.24, 2.45) is 5.73 Å². The third-order valence-corrected chi connectivity index (χ3v) is 3.48. The average Bonchev–Trinajstić information content (AvgIpc) is 2.40. The van der Waals surface area contributed by atoms with Gasteiger partial charge in [-0.2, -0.15) is 0 Å². The molecule has 1 heterocycles. The van der Waals surface area contributed by atoms with Crippen LogP contribution in [0.3, 0.4) is 0 Å². The van der Waals surface area contributed by atoms with Crippen LogP contribution in [0.25, 0.3) is 0 Å². The number of thiocarbonyl (C=S) groups is 1. The van der Waals surface area contributed by atoms with E-state index in [1.807, 2.05) is 30.3 Å². The largest absolute Gasteiger partial charge is 0.392 e. The number of nitrogens with one attached hydrogen (secondary N) is 1. The summed E-state index contributed by atoms with van der Waals surface area (Å²) in [7, 11) is 0. The standard InChI is InChI=1S/C14H18N2O2S/c15-13(19)12(10-4-2-1-3-5-10)14(17)16-11-6-8-18-9-7-11/h1-5,11-12H,6-9H2,(H2,15,19)(H,16,17). The van der Waals surface area contributed by atoms with Gasteiger partial charge in [-0.1, -0.05) is 42.5 Å². The van der Waals surface area contributed by atoms with Crippen molar-refractivity contribution in [3.63, 3.8) is 0 Å². The number of hydrogen-bond acceptors (Lipinski definition) is 3. The molecule has 4 nitrogen and oxygen atoms in total. The SMILES string of the molecule is NC(=S)C(C(=O)NC1CCOCC1)c1ccccc1. The van der Waals surface area contributed by atoms with Crippen LogP contribution in [0.4, 0.5) is 0 Å². The quantitative estimate of drug-likeness (QED) is 0.816. The lowest BCUT2D eigenvalue weighted by Gasteiger charge is -2.25. The van der Waals surface area contributed by atoms with Crippen LogP contribution in [-0.2, 0) is 9.53 Å². The summed E-state index contributed by atoms with van der Waals surface area (Å²) in [6.45, 7) is 1.38. The Morgan fingerprint density at radius 1 is 1.32 bits per heavy atom. The molecule has 0 spiro atoms. The van der Waals surface area contributed by atoms with Gasteiger partial charge in [-0.25, -0.2) is 0 Å². The van der Waals surface area contributed by atoms with Crippen LogP contribution in [0.5, 0.6) is 0 Å². The second kappa shape index (κ2) is 6.63. The van der Waals surface area contributed by atoms with Gasteiger partial charge >= 0.3 is 0 Å². The van der Waals surface area contributed by atoms with Gasteiger partial charge in [0, 0.05) is 19.3 Å². The fraction of sp³-hybridized carbons (Fsp3) is 0.429. The van der Waals surface area contributed by atoms with E-state index in [1.165, 1.54) is 0 Å². The van der Waals surface area contributed by atoms with E-state index in [4.69, 9.17) is 22.7 Å². The molecule has 102 valence electrons. The number of benzene rings is 1. The Morgan fingerprint density at radius 3 is 2.53 bits per heavy atom. The first kappa shape index (κ1) is 14.0. The summed E-state index contributed by atoms with van der Waals surface area (Å²) in [5.41, 5.74) is 6.55. The van der Waals surface area contributed by atoms with Crippen molar-refractivity contribution < 1.29 is 9.53 Å². The summed E-state index contributed by atoms with van der Waals surface area (Å²) in [4.78, 5) is 12.5. The second-order valence-electron chi connectivity index (χ2n) is 4.64. The Bertz CT molecular complexity index is 444. The number of rotatable bonds is 4. The number of ether oxygens (including phenoxy) is 1. The van der Waals surface area contributed by atoms with E-state index in [-0.39, 0.29) is 16.9 Å². The lowest BCUT2D eigenvalue weighted by molar-refractivity contribution is -0.122. The molecule has 0 radical (unpaired) electrons. The van der Waals surface area contributed by atoms with Crippen LogP contribution in [0.15, 0.2) is 30.3 Å². The lowest BCUT2D eigenvalue weighted by Crippen LogP contribution is -2.44. The van der Waals surface area contributed by atoms with Crippen molar-refractivity contribution in [3.05, 3.63) is 35.9 Å². The molecule has 1 amide bonds. The number of carbonyl (C=O) groups excluding carboxylic acids is 1. The maximum Gasteiger partial charge on any atom is 0.234 e. The molecule has 19 heavy (non-hydrogen) atoms. The second-order valence-corrected chi connectivity index (χ2v) is 5.11. The zero-order valence-corrected chi connectivity index (χ0v) is 11.5. The third kappa shape index (κ3) is 3.75. The van der Waals surface area contributed by atoms with Crippen molar-refractivity contribution in [2.75, 3.05) is 13.2 Å². The highest BCUT2D eigenvalue weighted by molar-refractivity contribution is 7.80. The van der Waals surface area contributed by atoms with Crippen molar-refractivity contribution in [3.8, 4) is 0 Å². The predicted molar refractivity (Wildman–Crippen MR) is 78.0 cm³/mol. The van der Waals surface area contributed by atoms with Crippen LogP contribution in [0, 0.1) is 0 Å².